The molecule has 0 saturated heterocycles. The third-order valence-corrected chi connectivity index (χ3v) is 3.02. The molecule has 0 aliphatic carbocycles. The van der Waals surface area contributed by atoms with Gasteiger partial charge in [0, 0.05) is 11.6 Å². The zero-order chi connectivity index (χ0) is 11.8. The maximum absolute atomic E-state index is 11.9. The zero-order valence-corrected chi connectivity index (χ0v) is 9.64. The van der Waals surface area contributed by atoms with Crippen molar-refractivity contribution in [1.29, 1.82) is 0 Å². The maximum atomic E-state index is 11.9. The van der Waals surface area contributed by atoms with Crippen LogP contribution in [0.15, 0.2) is 30.3 Å². The van der Waals surface area contributed by atoms with Gasteiger partial charge >= 0.3 is 5.97 Å². The first-order chi connectivity index (χ1) is 8.31. The van der Waals surface area contributed by atoms with Crippen molar-refractivity contribution in [2.24, 2.45) is 0 Å². The Balaban J connectivity index is 2.25. The average Bonchev–Trinajstić information content (AvgIpc) is 2.72. The molecule has 0 spiro atoms. The number of aromatic nitrogens is 1. The van der Waals surface area contributed by atoms with Gasteiger partial charge in [0.15, 0.2) is 0 Å². The van der Waals surface area contributed by atoms with Crippen LogP contribution in [0.4, 0.5) is 0 Å². The number of para-hydroxylation sites is 1. The van der Waals surface area contributed by atoms with E-state index in [1.165, 1.54) is 5.56 Å². The average molecular weight is 227 g/mol. The van der Waals surface area contributed by atoms with Crippen LogP contribution in [-0.2, 0) is 11.2 Å². The SMILES string of the molecule is CCOC(=O)c1cc2cccc3c2n1C=CC3. The monoisotopic (exact) mass is 227 g/mol. The first-order valence-electron chi connectivity index (χ1n) is 5.78. The molecular weight excluding hydrogens is 214 g/mol. The molecule has 1 aromatic heterocycles. The van der Waals surface area contributed by atoms with Crippen LogP contribution in [0, 0.1) is 0 Å². The van der Waals surface area contributed by atoms with E-state index < -0.39 is 0 Å². The Hall–Kier alpha value is -2.03. The molecule has 86 valence electrons. The van der Waals surface area contributed by atoms with Gasteiger partial charge in [-0.3, -0.25) is 0 Å². The molecule has 17 heavy (non-hydrogen) atoms. The number of carbonyl (C=O) groups excluding carboxylic acids is 1. The molecule has 0 N–H and O–H groups in total. The first-order valence-corrected chi connectivity index (χ1v) is 5.78. The van der Waals surface area contributed by atoms with E-state index in [0.29, 0.717) is 12.3 Å². The van der Waals surface area contributed by atoms with Crippen LogP contribution in [0.1, 0.15) is 23.0 Å². The second-order valence-electron chi connectivity index (χ2n) is 4.06. The van der Waals surface area contributed by atoms with Gasteiger partial charge in [0.2, 0.25) is 0 Å². The molecule has 0 fully saturated rings. The minimum Gasteiger partial charge on any atom is -0.461 e. The predicted octanol–water partition coefficient (Wildman–Crippen LogP) is 2.84. The minimum atomic E-state index is -0.263. The van der Waals surface area contributed by atoms with Crippen LogP contribution in [0.25, 0.3) is 17.1 Å². The summed E-state index contributed by atoms with van der Waals surface area (Å²) in [6.07, 6.45) is 4.93. The Labute approximate surface area is 99.3 Å². The molecule has 1 aromatic carbocycles. The lowest BCUT2D eigenvalue weighted by atomic mass is 10.1. The highest BCUT2D eigenvalue weighted by Gasteiger charge is 2.18. The molecule has 3 nitrogen and oxygen atoms in total. The summed E-state index contributed by atoms with van der Waals surface area (Å²) in [5, 5.41) is 1.09. The smallest absolute Gasteiger partial charge is 0.355 e. The van der Waals surface area contributed by atoms with E-state index in [-0.39, 0.29) is 5.97 Å². The topological polar surface area (TPSA) is 31.2 Å². The van der Waals surface area contributed by atoms with Crippen molar-refractivity contribution in [2.45, 2.75) is 13.3 Å². The minimum absolute atomic E-state index is 0.263. The van der Waals surface area contributed by atoms with E-state index in [9.17, 15) is 4.79 Å². The van der Waals surface area contributed by atoms with Gasteiger partial charge < -0.3 is 9.30 Å². The van der Waals surface area contributed by atoms with Crippen LogP contribution in [-0.4, -0.2) is 17.1 Å². The van der Waals surface area contributed by atoms with Crippen molar-refractivity contribution in [2.75, 3.05) is 6.61 Å². The van der Waals surface area contributed by atoms with Crippen LogP contribution in [0.5, 0.6) is 0 Å². The van der Waals surface area contributed by atoms with E-state index in [2.05, 4.69) is 12.1 Å². The number of nitrogens with zero attached hydrogens (tertiary/aromatic N) is 1. The molecule has 0 bridgehead atoms. The van der Waals surface area contributed by atoms with Crippen molar-refractivity contribution >= 4 is 23.1 Å². The van der Waals surface area contributed by atoms with Gasteiger partial charge in [-0.05, 0) is 25.0 Å². The Morgan fingerprint density at radius 1 is 1.47 bits per heavy atom. The second-order valence-corrected chi connectivity index (χ2v) is 4.06. The summed E-state index contributed by atoms with van der Waals surface area (Å²) in [6, 6.07) is 8.04. The number of allylic oxidation sites excluding steroid dienone is 1. The largest absolute Gasteiger partial charge is 0.461 e. The summed E-state index contributed by atoms with van der Waals surface area (Å²) in [5.41, 5.74) is 2.98. The second kappa shape index (κ2) is 3.77. The van der Waals surface area contributed by atoms with Crippen molar-refractivity contribution in [1.82, 2.24) is 4.57 Å². The molecule has 0 unspecified atom stereocenters. The number of rotatable bonds is 2. The van der Waals surface area contributed by atoms with E-state index >= 15 is 0 Å². The van der Waals surface area contributed by atoms with Gasteiger partial charge in [0.25, 0.3) is 0 Å². The normalized spacial score (nSPS) is 13.0. The zero-order valence-electron chi connectivity index (χ0n) is 9.64. The number of ether oxygens (including phenoxy) is 1. The van der Waals surface area contributed by atoms with Crippen LogP contribution in [0.3, 0.4) is 0 Å². The highest BCUT2D eigenvalue weighted by molar-refractivity contribution is 5.98. The van der Waals surface area contributed by atoms with Crippen molar-refractivity contribution in [3.63, 3.8) is 0 Å². The Bertz CT molecular complexity index is 622. The molecule has 0 radical (unpaired) electrons. The maximum Gasteiger partial charge on any atom is 0.355 e. The molecule has 1 aliphatic rings. The van der Waals surface area contributed by atoms with Gasteiger partial charge in [0.05, 0.1) is 12.1 Å². The summed E-state index contributed by atoms with van der Waals surface area (Å²) < 4.78 is 6.99. The lowest BCUT2D eigenvalue weighted by Gasteiger charge is -2.11. The third kappa shape index (κ3) is 1.46. The highest BCUT2D eigenvalue weighted by Crippen LogP contribution is 2.27. The number of carbonyl (C=O) groups is 1. The molecule has 2 heterocycles. The van der Waals surface area contributed by atoms with Crippen molar-refractivity contribution in [3.8, 4) is 0 Å². The third-order valence-electron chi connectivity index (χ3n) is 3.02. The summed E-state index contributed by atoms with van der Waals surface area (Å²) >= 11 is 0. The number of hydrogen-bond donors (Lipinski definition) is 0. The number of benzene rings is 1. The summed E-state index contributed by atoms with van der Waals surface area (Å²) in [5.74, 6) is -0.263. The Morgan fingerprint density at radius 3 is 3.18 bits per heavy atom. The van der Waals surface area contributed by atoms with E-state index in [1.54, 1.807) is 0 Å². The van der Waals surface area contributed by atoms with Gasteiger partial charge in [-0.2, -0.15) is 0 Å². The summed E-state index contributed by atoms with van der Waals surface area (Å²) in [7, 11) is 0. The molecule has 0 atom stereocenters. The van der Waals surface area contributed by atoms with Crippen molar-refractivity contribution in [3.05, 3.63) is 41.6 Å². The summed E-state index contributed by atoms with van der Waals surface area (Å²) in [4.78, 5) is 11.9. The van der Waals surface area contributed by atoms with E-state index in [1.807, 2.05) is 35.9 Å². The van der Waals surface area contributed by atoms with E-state index in [4.69, 9.17) is 4.74 Å². The fourth-order valence-electron chi connectivity index (χ4n) is 2.33. The number of esters is 1. The predicted molar refractivity (Wildman–Crippen MR) is 66.9 cm³/mol. The molecular formula is C14H13NO2. The summed E-state index contributed by atoms with van der Waals surface area (Å²) in [6.45, 7) is 2.22. The van der Waals surface area contributed by atoms with Crippen molar-refractivity contribution < 1.29 is 9.53 Å². The fraction of sp³-hybridized carbons (Fsp3) is 0.214. The van der Waals surface area contributed by atoms with E-state index in [0.717, 1.165) is 17.3 Å². The van der Waals surface area contributed by atoms with Gasteiger partial charge in [-0.25, -0.2) is 4.79 Å². The van der Waals surface area contributed by atoms with Crippen LogP contribution < -0.4 is 0 Å². The Kier molecular flexibility index (Phi) is 2.25. The molecule has 2 aromatic rings. The molecule has 0 saturated carbocycles. The van der Waals surface area contributed by atoms with Crippen LogP contribution in [0.2, 0.25) is 0 Å². The molecule has 3 heteroatoms. The Morgan fingerprint density at radius 2 is 2.35 bits per heavy atom. The van der Waals surface area contributed by atoms with Crippen LogP contribution >= 0.6 is 0 Å². The molecule has 0 amide bonds. The lowest BCUT2D eigenvalue weighted by Crippen LogP contribution is -2.10. The van der Waals surface area contributed by atoms with Gasteiger partial charge in [-0.1, -0.05) is 24.3 Å². The lowest BCUT2D eigenvalue weighted by molar-refractivity contribution is 0.0518. The number of hydrogen-bond acceptors (Lipinski definition) is 2. The standard InChI is InChI=1S/C14H13NO2/c1-2-17-14(16)12-9-11-6-3-5-10-7-4-8-15(12)13(10)11/h3-6,8-9H,2,7H2,1H3. The highest BCUT2D eigenvalue weighted by atomic mass is 16.5. The fourth-order valence-corrected chi connectivity index (χ4v) is 2.33. The quantitative estimate of drug-likeness (QED) is 0.739. The molecule has 3 rings (SSSR count). The van der Waals surface area contributed by atoms with Gasteiger partial charge in [-0.15, -0.1) is 0 Å². The first kappa shape index (κ1) is 10.1. The molecule has 1 aliphatic heterocycles. The van der Waals surface area contributed by atoms with Gasteiger partial charge in [0.1, 0.15) is 5.69 Å².